The van der Waals surface area contributed by atoms with E-state index in [4.69, 9.17) is 0 Å². The molecule has 0 radical (unpaired) electrons. The molecule has 0 unspecified atom stereocenters. The number of aromatic nitrogens is 2. The molecule has 1 rings (SSSR count). The Morgan fingerprint density at radius 1 is 1.20 bits per heavy atom. The summed E-state index contributed by atoms with van der Waals surface area (Å²) >= 11 is 0. The molecule has 0 aliphatic heterocycles. The van der Waals surface area contributed by atoms with E-state index in [0.717, 1.165) is 31.5 Å². The van der Waals surface area contributed by atoms with Crippen molar-refractivity contribution in [2.75, 3.05) is 0 Å². The van der Waals surface area contributed by atoms with Gasteiger partial charge in [0.1, 0.15) is 5.82 Å². The van der Waals surface area contributed by atoms with Crippen molar-refractivity contribution < 1.29 is 4.79 Å². The molecule has 1 N–H and O–H groups in total. The summed E-state index contributed by atoms with van der Waals surface area (Å²) in [5.74, 6) is 1.26. The maximum Gasteiger partial charge on any atom is 0.223 e. The van der Waals surface area contributed by atoms with Crippen LogP contribution < -0.4 is 0 Å². The van der Waals surface area contributed by atoms with Gasteiger partial charge in [-0.15, -0.1) is 0 Å². The van der Waals surface area contributed by atoms with Crippen molar-refractivity contribution >= 4 is 5.91 Å². The summed E-state index contributed by atoms with van der Waals surface area (Å²) in [5, 5.41) is 0. The van der Waals surface area contributed by atoms with Crippen molar-refractivity contribution in [2.45, 2.75) is 78.8 Å². The topological polar surface area (TPSA) is 49.0 Å². The van der Waals surface area contributed by atoms with E-state index < -0.39 is 0 Å². The van der Waals surface area contributed by atoms with Gasteiger partial charge in [-0.25, -0.2) is 4.98 Å². The van der Waals surface area contributed by atoms with Crippen LogP contribution in [0.25, 0.3) is 0 Å². The molecule has 20 heavy (non-hydrogen) atoms. The molecule has 4 heteroatoms. The fourth-order valence-electron chi connectivity index (χ4n) is 2.67. The Morgan fingerprint density at radius 3 is 2.35 bits per heavy atom. The van der Waals surface area contributed by atoms with E-state index >= 15 is 0 Å². The van der Waals surface area contributed by atoms with Crippen LogP contribution in [0, 0.1) is 6.92 Å². The van der Waals surface area contributed by atoms with E-state index in [0.29, 0.717) is 6.42 Å². The van der Waals surface area contributed by atoms with E-state index in [9.17, 15) is 4.79 Å². The van der Waals surface area contributed by atoms with Crippen molar-refractivity contribution in [3.63, 3.8) is 0 Å². The molecule has 0 fully saturated rings. The third kappa shape index (κ3) is 5.35. The Morgan fingerprint density at radius 2 is 1.85 bits per heavy atom. The van der Waals surface area contributed by atoms with Gasteiger partial charge in [0.05, 0.1) is 0 Å². The van der Waals surface area contributed by atoms with Gasteiger partial charge in [0, 0.05) is 30.4 Å². The van der Waals surface area contributed by atoms with Gasteiger partial charge in [-0.05, 0) is 53.9 Å². The van der Waals surface area contributed by atoms with Crippen LogP contribution in [0.2, 0.25) is 0 Å². The fraction of sp³-hybridized carbons (Fsp3) is 0.750. The van der Waals surface area contributed by atoms with Crippen molar-refractivity contribution in [1.82, 2.24) is 14.9 Å². The van der Waals surface area contributed by atoms with E-state index in [2.05, 4.69) is 37.7 Å². The summed E-state index contributed by atoms with van der Waals surface area (Å²) in [6, 6.07) is 0.575. The van der Waals surface area contributed by atoms with Crippen molar-refractivity contribution in [3.05, 3.63) is 17.7 Å². The number of imidazole rings is 1. The molecule has 1 aromatic heterocycles. The quantitative estimate of drug-likeness (QED) is 0.741. The zero-order valence-corrected chi connectivity index (χ0v) is 13.6. The number of rotatable bonds is 8. The van der Waals surface area contributed by atoms with Gasteiger partial charge in [-0.1, -0.05) is 6.42 Å². The normalized spacial score (nSPS) is 11.3. The lowest BCUT2D eigenvalue weighted by Crippen LogP contribution is -2.41. The minimum atomic E-state index is 0.285. The van der Waals surface area contributed by atoms with Crippen LogP contribution in [0.15, 0.2) is 6.20 Å². The Bertz CT molecular complexity index is 402. The second-order valence-electron chi connectivity index (χ2n) is 6.04. The highest BCUT2D eigenvalue weighted by Crippen LogP contribution is 2.11. The Labute approximate surface area is 123 Å². The highest BCUT2D eigenvalue weighted by atomic mass is 16.2. The molecule has 0 aliphatic carbocycles. The highest BCUT2D eigenvalue weighted by Gasteiger charge is 2.18. The average molecular weight is 279 g/mol. The van der Waals surface area contributed by atoms with Crippen LogP contribution in [0.4, 0.5) is 0 Å². The standard InChI is InChI=1S/C16H29N3O/c1-12(2)19(13(3)4)16(20)10-8-6-7-9-15-11-17-14(5)18-15/h11-13H,6-10H2,1-5H3,(H,17,18). The smallest absolute Gasteiger partial charge is 0.223 e. The molecular weight excluding hydrogens is 250 g/mol. The summed E-state index contributed by atoms with van der Waals surface area (Å²) in [6.45, 7) is 10.3. The van der Waals surface area contributed by atoms with E-state index in [1.54, 1.807) is 0 Å². The van der Waals surface area contributed by atoms with Crippen LogP contribution in [0.3, 0.4) is 0 Å². The molecule has 0 atom stereocenters. The summed E-state index contributed by atoms with van der Waals surface area (Å²) < 4.78 is 0. The monoisotopic (exact) mass is 279 g/mol. The molecule has 1 amide bonds. The average Bonchev–Trinajstić information content (AvgIpc) is 2.73. The third-order valence-corrected chi connectivity index (χ3v) is 3.49. The van der Waals surface area contributed by atoms with Crippen LogP contribution in [0.1, 0.15) is 64.9 Å². The molecule has 0 saturated heterocycles. The number of carbonyl (C=O) groups is 1. The second kappa shape index (κ2) is 8.08. The fourth-order valence-corrected chi connectivity index (χ4v) is 2.67. The van der Waals surface area contributed by atoms with Gasteiger partial charge >= 0.3 is 0 Å². The number of aryl methyl sites for hydroxylation is 2. The Hall–Kier alpha value is -1.32. The van der Waals surface area contributed by atoms with Crippen LogP contribution in [-0.4, -0.2) is 32.9 Å². The summed E-state index contributed by atoms with van der Waals surface area (Å²) in [5.41, 5.74) is 1.19. The number of aromatic amines is 1. The summed E-state index contributed by atoms with van der Waals surface area (Å²) in [4.78, 5) is 21.6. The van der Waals surface area contributed by atoms with Crippen LogP contribution >= 0.6 is 0 Å². The lowest BCUT2D eigenvalue weighted by molar-refractivity contribution is -0.134. The minimum Gasteiger partial charge on any atom is -0.346 e. The highest BCUT2D eigenvalue weighted by molar-refractivity contribution is 5.76. The molecule has 0 spiro atoms. The van der Waals surface area contributed by atoms with Gasteiger partial charge < -0.3 is 9.88 Å². The first-order valence-electron chi connectivity index (χ1n) is 7.73. The molecule has 1 aromatic rings. The Balaban J connectivity index is 2.21. The third-order valence-electron chi connectivity index (χ3n) is 3.49. The predicted octanol–water partition coefficient (Wildman–Crippen LogP) is 3.47. The second-order valence-corrected chi connectivity index (χ2v) is 6.04. The van der Waals surface area contributed by atoms with Gasteiger partial charge in [0.25, 0.3) is 0 Å². The number of hydrogen-bond donors (Lipinski definition) is 1. The number of nitrogens with zero attached hydrogens (tertiary/aromatic N) is 2. The van der Waals surface area contributed by atoms with Gasteiger partial charge in [0.2, 0.25) is 5.91 Å². The lowest BCUT2D eigenvalue weighted by atomic mass is 10.1. The lowest BCUT2D eigenvalue weighted by Gasteiger charge is -2.30. The largest absolute Gasteiger partial charge is 0.346 e. The molecule has 0 bridgehead atoms. The maximum absolute atomic E-state index is 12.2. The number of carbonyl (C=O) groups excluding carboxylic acids is 1. The van der Waals surface area contributed by atoms with Crippen LogP contribution in [0.5, 0.6) is 0 Å². The molecule has 114 valence electrons. The van der Waals surface area contributed by atoms with E-state index in [1.165, 1.54) is 5.69 Å². The number of unbranched alkanes of at least 4 members (excludes halogenated alkanes) is 2. The molecule has 0 aliphatic rings. The van der Waals surface area contributed by atoms with E-state index in [1.807, 2.05) is 18.0 Å². The first-order valence-corrected chi connectivity index (χ1v) is 7.73. The number of hydrogen-bond acceptors (Lipinski definition) is 2. The van der Waals surface area contributed by atoms with E-state index in [-0.39, 0.29) is 18.0 Å². The van der Waals surface area contributed by atoms with Crippen LogP contribution in [-0.2, 0) is 11.2 Å². The van der Waals surface area contributed by atoms with Crippen molar-refractivity contribution in [2.24, 2.45) is 0 Å². The predicted molar refractivity (Wildman–Crippen MR) is 82.6 cm³/mol. The Kier molecular flexibility index (Phi) is 6.76. The van der Waals surface area contributed by atoms with Gasteiger partial charge in [-0.3, -0.25) is 4.79 Å². The zero-order valence-electron chi connectivity index (χ0n) is 13.6. The molecule has 0 aromatic carbocycles. The maximum atomic E-state index is 12.2. The number of nitrogens with one attached hydrogen (secondary N) is 1. The molecule has 1 heterocycles. The van der Waals surface area contributed by atoms with Gasteiger partial charge in [0.15, 0.2) is 0 Å². The number of H-pyrrole nitrogens is 1. The molecule has 4 nitrogen and oxygen atoms in total. The van der Waals surface area contributed by atoms with Gasteiger partial charge in [-0.2, -0.15) is 0 Å². The molecular formula is C16H29N3O. The van der Waals surface area contributed by atoms with Crippen molar-refractivity contribution in [1.29, 1.82) is 0 Å². The first kappa shape index (κ1) is 16.7. The van der Waals surface area contributed by atoms with Crippen molar-refractivity contribution in [3.8, 4) is 0 Å². The first-order chi connectivity index (χ1) is 9.41. The SMILES string of the molecule is Cc1ncc(CCCCCC(=O)N(C(C)C)C(C)C)[nH]1. The minimum absolute atomic E-state index is 0.285. The zero-order chi connectivity index (χ0) is 15.1. The summed E-state index contributed by atoms with van der Waals surface area (Å²) in [7, 11) is 0. The molecule has 0 saturated carbocycles. The number of amides is 1. The summed E-state index contributed by atoms with van der Waals surface area (Å²) in [6.07, 6.45) is 6.76.